The molecule has 2 aliphatic heterocycles. The molecule has 5 amide bonds. The number of carbonyl (C=O) groups excluding carboxylic acids is 6. The van der Waals surface area contributed by atoms with Crippen molar-refractivity contribution in [1.82, 2.24) is 16.0 Å². The maximum Gasteiger partial charge on any atom is 0.340 e. The summed E-state index contributed by atoms with van der Waals surface area (Å²) in [5.74, 6) is -2.72. The number of anilines is 2. The zero-order chi connectivity index (χ0) is 41.7. The minimum absolute atomic E-state index is 0.188. The van der Waals surface area contributed by atoms with Crippen LogP contribution in [0.3, 0.4) is 0 Å². The van der Waals surface area contributed by atoms with Gasteiger partial charge in [-0.15, -0.1) is 0 Å². The molecule has 1 spiro atoms. The highest BCUT2D eigenvalue weighted by Gasteiger charge is 2.54. The number of rotatable bonds is 13. The van der Waals surface area contributed by atoms with Gasteiger partial charge in [-0.2, -0.15) is 0 Å². The maximum absolute atomic E-state index is 13.7. The smallest absolute Gasteiger partial charge is 0.340 e. The van der Waals surface area contributed by atoms with E-state index in [4.69, 9.17) is 20.9 Å². The number of nitrogens with one attached hydrogen (secondary N) is 5. The summed E-state index contributed by atoms with van der Waals surface area (Å²) in [7, 11) is 1.50. The highest BCUT2D eigenvalue weighted by molar-refractivity contribution is 6.02. The molecule has 0 saturated heterocycles. The van der Waals surface area contributed by atoms with Gasteiger partial charge >= 0.3 is 5.97 Å². The van der Waals surface area contributed by atoms with Crippen LogP contribution in [0.2, 0.25) is 0 Å². The summed E-state index contributed by atoms with van der Waals surface area (Å²) in [6.07, 6.45) is 0.376. The highest BCUT2D eigenvalue weighted by Crippen LogP contribution is 2.57. The molecular weight excluding hydrogens is 755 g/mol. The van der Waals surface area contributed by atoms with Crippen LogP contribution in [0.15, 0.2) is 115 Å². The van der Waals surface area contributed by atoms with Gasteiger partial charge in [0.05, 0.1) is 18.7 Å². The normalized spacial score (nSPS) is 15.5. The number of amides is 5. The molecule has 15 nitrogen and oxygen atoms in total. The molecule has 5 aromatic rings. The van der Waals surface area contributed by atoms with Crippen molar-refractivity contribution in [3.63, 3.8) is 0 Å². The van der Waals surface area contributed by atoms with Gasteiger partial charge in [0, 0.05) is 65.7 Å². The molecule has 0 aromatic heterocycles. The molecule has 2 atom stereocenters. The van der Waals surface area contributed by atoms with Gasteiger partial charge in [0.1, 0.15) is 23.6 Å². The topological polar surface area (TPSA) is 233 Å². The number of hydrogen-bond donors (Lipinski definition) is 7. The molecule has 7 rings (SSSR count). The van der Waals surface area contributed by atoms with Crippen LogP contribution in [-0.2, 0) is 42.4 Å². The Morgan fingerprint density at radius 3 is 1.58 bits per heavy atom. The molecule has 5 aromatic carbocycles. The fourth-order valence-corrected chi connectivity index (χ4v) is 7.25. The van der Waals surface area contributed by atoms with Gasteiger partial charge in [-0.1, -0.05) is 60.7 Å². The Kier molecular flexibility index (Phi) is 11.5. The molecule has 9 N–H and O–H groups in total. The van der Waals surface area contributed by atoms with E-state index in [0.29, 0.717) is 28.1 Å². The Morgan fingerprint density at radius 1 is 0.627 bits per heavy atom. The van der Waals surface area contributed by atoms with Crippen LogP contribution < -0.4 is 42.8 Å². The Hall–Kier alpha value is -7.36. The molecule has 300 valence electrons. The first-order valence-electron chi connectivity index (χ1n) is 18.8. The van der Waals surface area contributed by atoms with Gasteiger partial charge in [-0.3, -0.25) is 24.0 Å². The lowest BCUT2D eigenvalue weighted by Gasteiger charge is -2.37. The number of hydrogen-bond acceptors (Lipinski definition) is 10. The summed E-state index contributed by atoms with van der Waals surface area (Å²) >= 11 is 0. The van der Waals surface area contributed by atoms with E-state index in [1.165, 1.54) is 19.2 Å². The average Bonchev–Trinajstić information content (AvgIpc) is 3.54. The van der Waals surface area contributed by atoms with Crippen molar-refractivity contribution < 1.29 is 38.2 Å². The Morgan fingerprint density at radius 2 is 1.12 bits per heavy atom. The lowest BCUT2D eigenvalue weighted by atomic mass is 9.77. The first kappa shape index (κ1) is 39.9. The Balaban J connectivity index is 1.27. The van der Waals surface area contributed by atoms with E-state index in [2.05, 4.69) is 26.6 Å². The van der Waals surface area contributed by atoms with E-state index >= 15 is 0 Å². The first-order valence-corrected chi connectivity index (χ1v) is 18.8. The first-order chi connectivity index (χ1) is 28.5. The SMILES string of the molecule is CNC(=O)c1ccc2c(c1)C1(OC2=O)c2ccc(NC(=O)C(Cc3ccccc3)NC(=O)CN)cc2Oc2cc(NC(=O)C(Cc3ccccc3)NC(=O)CN)ccc21. The van der Waals surface area contributed by atoms with Crippen molar-refractivity contribution in [3.05, 3.63) is 154 Å². The molecule has 2 aliphatic rings. The predicted octanol–water partition coefficient (Wildman–Crippen LogP) is 2.86. The van der Waals surface area contributed by atoms with Crippen molar-refractivity contribution in [2.24, 2.45) is 11.5 Å². The monoisotopic (exact) mass is 795 g/mol. The second-order valence-electron chi connectivity index (χ2n) is 13.9. The second kappa shape index (κ2) is 17.0. The molecule has 2 heterocycles. The molecule has 15 heteroatoms. The van der Waals surface area contributed by atoms with Crippen LogP contribution in [0.4, 0.5) is 11.4 Å². The third kappa shape index (κ3) is 8.23. The number of benzene rings is 5. The van der Waals surface area contributed by atoms with Crippen LogP contribution in [0.1, 0.15) is 48.5 Å². The summed E-state index contributed by atoms with van der Waals surface area (Å²) in [5.41, 5.74) is 13.4. The average molecular weight is 796 g/mol. The number of ether oxygens (including phenoxy) is 2. The van der Waals surface area contributed by atoms with Gasteiger partial charge in [0.15, 0.2) is 5.60 Å². The third-order valence-electron chi connectivity index (χ3n) is 10.1. The summed E-state index contributed by atoms with van der Waals surface area (Å²) < 4.78 is 12.8. The van der Waals surface area contributed by atoms with Crippen molar-refractivity contribution in [2.75, 3.05) is 30.8 Å². The summed E-state index contributed by atoms with van der Waals surface area (Å²) in [6.45, 7) is -0.625. The summed E-state index contributed by atoms with van der Waals surface area (Å²) in [6, 6.07) is 30.7. The predicted molar refractivity (Wildman–Crippen MR) is 218 cm³/mol. The molecule has 2 unspecified atom stereocenters. The van der Waals surface area contributed by atoms with Gasteiger partial charge in [0.25, 0.3) is 5.91 Å². The van der Waals surface area contributed by atoms with Crippen LogP contribution in [0, 0.1) is 0 Å². The Labute approximate surface area is 338 Å². The highest BCUT2D eigenvalue weighted by atomic mass is 16.6. The minimum Gasteiger partial charge on any atom is -0.456 e. The van der Waals surface area contributed by atoms with Crippen LogP contribution in [0.25, 0.3) is 0 Å². The zero-order valence-corrected chi connectivity index (χ0v) is 31.9. The number of esters is 1. The standard InChI is InChI=1S/C44H41N7O8/c1-47-40(54)27-12-15-30-33(20-27)44(59-43(30)57)31-16-13-28(48-41(55)34(50-38(52)23-45)18-25-8-4-2-5-9-25)21-36(31)58-37-22-29(14-17-32(37)44)49-42(56)35(51-39(53)24-46)19-26-10-6-3-7-11-26/h2-17,20-22,34-35H,18-19,23-24,45-46H2,1H3,(H,47,54)(H,48,55)(H,49,56)(H,50,52)(H,51,53). The lowest BCUT2D eigenvalue weighted by molar-refractivity contribution is -0.125. The van der Waals surface area contributed by atoms with Crippen LogP contribution in [0.5, 0.6) is 11.5 Å². The van der Waals surface area contributed by atoms with E-state index in [1.807, 2.05) is 60.7 Å². The minimum atomic E-state index is -1.62. The van der Waals surface area contributed by atoms with Gasteiger partial charge in [-0.25, -0.2) is 4.79 Å². The third-order valence-corrected chi connectivity index (χ3v) is 10.1. The maximum atomic E-state index is 13.7. The van der Waals surface area contributed by atoms with E-state index in [-0.39, 0.29) is 54.5 Å². The number of carbonyl (C=O) groups is 6. The van der Waals surface area contributed by atoms with Crippen molar-refractivity contribution >= 4 is 46.9 Å². The Bertz CT molecular complexity index is 2330. The molecule has 0 radical (unpaired) electrons. The quantitative estimate of drug-likeness (QED) is 0.0862. The van der Waals surface area contributed by atoms with Gasteiger partial charge in [0.2, 0.25) is 23.6 Å². The van der Waals surface area contributed by atoms with E-state index in [9.17, 15) is 28.8 Å². The van der Waals surface area contributed by atoms with E-state index in [1.54, 1.807) is 42.5 Å². The van der Waals surface area contributed by atoms with Crippen molar-refractivity contribution in [2.45, 2.75) is 30.5 Å². The fraction of sp³-hybridized carbons (Fsp3) is 0.182. The second-order valence-corrected chi connectivity index (χ2v) is 13.9. The van der Waals surface area contributed by atoms with E-state index in [0.717, 1.165) is 11.1 Å². The van der Waals surface area contributed by atoms with Gasteiger partial charge < -0.3 is 47.5 Å². The van der Waals surface area contributed by atoms with Crippen molar-refractivity contribution in [1.29, 1.82) is 0 Å². The number of nitrogens with two attached hydrogens (primary N) is 2. The molecule has 0 aliphatic carbocycles. The molecular formula is C44H41N7O8. The summed E-state index contributed by atoms with van der Waals surface area (Å²) in [5, 5.41) is 13.7. The molecule has 0 fully saturated rings. The van der Waals surface area contributed by atoms with Crippen molar-refractivity contribution in [3.8, 4) is 11.5 Å². The molecule has 0 saturated carbocycles. The summed E-state index contributed by atoms with van der Waals surface area (Å²) in [4.78, 5) is 78.7. The lowest BCUT2D eigenvalue weighted by Crippen LogP contribution is -2.47. The van der Waals surface area contributed by atoms with E-state index < -0.39 is 47.3 Å². The number of fused-ring (bicyclic) bond motifs is 6. The molecule has 0 bridgehead atoms. The van der Waals surface area contributed by atoms with Crippen LogP contribution >= 0.6 is 0 Å². The fourth-order valence-electron chi connectivity index (χ4n) is 7.25. The van der Waals surface area contributed by atoms with Crippen LogP contribution in [-0.4, -0.2) is 67.7 Å². The molecule has 59 heavy (non-hydrogen) atoms. The largest absolute Gasteiger partial charge is 0.456 e. The van der Waals surface area contributed by atoms with Gasteiger partial charge in [-0.05, 0) is 53.6 Å². The zero-order valence-electron chi connectivity index (χ0n) is 31.9.